The lowest BCUT2D eigenvalue weighted by molar-refractivity contribution is -0.0366. The number of aromatic nitrogens is 2. The molecule has 2 aromatic rings. The topological polar surface area (TPSA) is 44.1 Å². The van der Waals surface area contributed by atoms with Crippen LogP contribution >= 0.6 is 0 Å². The van der Waals surface area contributed by atoms with Crippen LogP contribution in [0.4, 0.5) is 0 Å². The van der Waals surface area contributed by atoms with Crippen LogP contribution in [0.25, 0.3) is 10.9 Å². The van der Waals surface area contributed by atoms with Gasteiger partial charge in [0.25, 0.3) is 0 Å². The largest absolute Gasteiger partial charge is 0.356 e. The number of rotatable bonds is 2. The third kappa shape index (κ3) is 1.82. The van der Waals surface area contributed by atoms with Crippen LogP contribution in [0.2, 0.25) is 0 Å². The number of hydrogen-bond acceptors (Lipinski definition) is 3. The molecule has 0 amide bonds. The van der Waals surface area contributed by atoms with E-state index < -0.39 is 0 Å². The Hall–Kier alpha value is -1.68. The van der Waals surface area contributed by atoms with Crippen molar-refractivity contribution in [3.05, 3.63) is 29.5 Å². The first-order chi connectivity index (χ1) is 8.79. The van der Waals surface area contributed by atoms with Gasteiger partial charge in [-0.25, -0.2) is 4.68 Å². The van der Waals surface area contributed by atoms with Crippen LogP contribution in [0.15, 0.2) is 18.3 Å². The van der Waals surface area contributed by atoms with Crippen molar-refractivity contribution in [1.82, 2.24) is 9.78 Å². The molecule has 0 aliphatic carbocycles. The second-order valence-electron chi connectivity index (χ2n) is 4.80. The molecule has 0 saturated carbocycles. The summed E-state index contributed by atoms with van der Waals surface area (Å²) in [4.78, 5) is 11.0. The lowest BCUT2D eigenvalue weighted by Crippen LogP contribution is -2.19. The van der Waals surface area contributed by atoms with Crippen molar-refractivity contribution < 1.29 is 9.53 Å². The molecule has 4 heteroatoms. The average Bonchev–Trinajstić information content (AvgIpc) is 2.81. The summed E-state index contributed by atoms with van der Waals surface area (Å²) in [7, 11) is 0. The van der Waals surface area contributed by atoms with Crippen LogP contribution in [-0.4, -0.2) is 22.7 Å². The smallest absolute Gasteiger partial charge is 0.150 e. The normalized spacial score (nSPS) is 20.2. The van der Waals surface area contributed by atoms with Crippen molar-refractivity contribution in [2.45, 2.75) is 32.4 Å². The molecule has 0 N–H and O–H groups in total. The number of carbonyl (C=O) groups is 1. The van der Waals surface area contributed by atoms with Crippen LogP contribution in [0, 0.1) is 6.92 Å². The number of aldehydes is 1. The molecule has 0 radical (unpaired) electrons. The summed E-state index contributed by atoms with van der Waals surface area (Å²) in [6.07, 6.45) is 6.02. The molecule has 1 aromatic heterocycles. The first-order valence-corrected chi connectivity index (χ1v) is 6.34. The molecule has 2 heterocycles. The molecule has 4 nitrogen and oxygen atoms in total. The fraction of sp³-hybridized carbons (Fsp3) is 0.429. The van der Waals surface area contributed by atoms with E-state index in [1.807, 2.05) is 29.9 Å². The van der Waals surface area contributed by atoms with Crippen LogP contribution in [0.1, 0.15) is 41.4 Å². The van der Waals surface area contributed by atoms with E-state index in [-0.39, 0.29) is 6.23 Å². The molecule has 1 aliphatic rings. The minimum absolute atomic E-state index is 0.0125. The van der Waals surface area contributed by atoms with Gasteiger partial charge in [-0.05, 0) is 43.9 Å². The van der Waals surface area contributed by atoms with Crippen molar-refractivity contribution in [1.29, 1.82) is 0 Å². The number of nitrogens with zero attached hydrogens (tertiary/aromatic N) is 2. The quantitative estimate of drug-likeness (QED) is 0.763. The Kier molecular flexibility index (Phi) is 2.88. The van der Waals surface area contributed by atoms with E-state index in [1.54, 1.807) is 0 Å². The molecular weight excluding hydrogens is 228 g/mol. The summed E-state index contributed by atoms with van der Waals surface area (Å²) in [6.45, 7) is 2.73. The third-order valence-corrected chi connectivity index (χ3v) is 3.54. The number of aryl methyl sites for hydroxylation is 1. The lowest BCUT2D eigenvalue weighted by Gasteiger charge is -2.23. The van der Waals surface area contributed by atoms with E-state index in [0.717, 1.165) is 47.8 Å². The van der Waals surface area contributed by atoms with E-state index in [0.29, 0.717) is 0 Å². The van der Waals surface area contributed by atoms with E-state index in [2.05, 4.69) is 5.10 Å². The zero-order chi connectivity index (χ0) is 12.5. The second-order valence-corrected chi connectivity index (χ2v) is 4.80. The van der Waals surface area contributed by atoms with Gasteiger partial charge in [0.05, 0.1) is 11.7 Å². The highest BCUT2D eigenvalue weighted by Gasteiger charge is 2.18. The second kappa shape index (κ2) is 4.53. The van der Waals surface area contributed by atoms with Crippen molar-refractivity contribution in [3.8, 4) is 0 Å². The van der Waals surface area contributed by atoms with Crippen LogP contribution < -0.4 is 0 Å². The molecule has 3 rings (SSSR count). The zero-order valence-electron chi connectivity index (χ0n) is 10.4. The van der Waals surface area contributed by atoms with Crippen molar-refractivity contribution in [2.75, 3.05) is 6.61 Å². The van der Waals surface area contributed by atoms with Gasteiger partial charge in [-0.1, -0.05) is 0 Å². The fourth-order valence-electron chi connectivity index (χ4n) is 2.50. The van der Waals surface area contributed by atoms with Crippen molar-refractivity contribution in [3.63, 3.8) is 0 Å². The average molecular weight is 244 g/mol. The summed E-state index contributed by atoms with van der Waals surface area (Å²) in [5.74, 6) is 0. The highest BCUT2D eigenvalue weighted by atomic mass is 16.5. The van der Waals surface area contributed by atoms with Gasteiger partial charge >= 0.3 is 0 Å². The van der Waals surface area contributed by atoms with Gasteiger partial charge in [0.15, 0.2) is 6.23 Å². The number of hydrogen-bond donors (Lipinski definition) is 0. The number of benzene rings is 1. The fourth-order valence-corrected chi connectivity index (χ4v) is 2.50. The van der Waals surface area contributed by atoms with Crippen molar-refractivity contribution in [2.24, 2.45) is 0 Å². The number of fused-ring (bicyclic) bond motifs is 1. The Bertz CT molecular complexity index is 583. The third-order valence-electron chi connectivity index (χ3n) is 3.54. The summed E-state index contributed by atoms with van der Waals surface area (Å²) >= 11 is 0. The van der Waals surface area contributed by atoms with Crippen molar-refractivity contribution >= 4 is 17.2 Å². The molecular formula is C14H16N2O2. The Morgan fingerprint density at radius 2 is 2.33 bits per heavy atom. The van der Waals surface area contributed by atoms with Gasteiger partial charge in [0, 0.05) is 17.6 Å². The Labute approximate surface area is 106 Å². The monoisotopic (exact) mass is 244 g/mol. The van der Waals surface area contributed by atoms with E-state index >= 15 is 0 Å². The first kappa shape index (κ1) is 11.4. The van der Waals surface area contributed by atoms with E-state index in [9.17, 15) is 4.79 Å². The maximum absolute atomic E-state index is 11.0. The molecule has 1 atom stereocenters. The Balaban J connectivity index is 2.09. The van der Waals surface area contributed by atoms with Crippen LogP contribution in [0.3, 0.4) is 0 Å². The van der Waals surface area contributed by atoms with E-state index in [4.69, 9.17) is 4.74 Å². The number of ether oxygens (including phenoxy) is 1. The van der Waals surface area contributed by atoms with Gasteiger partial charge in [-0.2, -0.15) is 5.10 Å². The Morgan fingerprint density at radius 1 is 1.44 bits per heavy atom. The SMILES string of the molecule is Cc1cc2cnn(C3CCCCO3)c2cc1C=O. The maximum atomic E-state index is 11.0. The molecule has 0 bridgehead atoms. The predicted molar refractivity (Wildman–Crippen MR) is 68.7 cm³/mol. The molecule has 1 aliphatic heterocycles. The predicted octanol–water partition coefficient (Wildman–Crippen LogP) is 2.86. The molecule has 18 heavy (non-hydrogen) atoms. The highest BCUT2D eigenvalue weighted by molar-refractivity contribution is 5.88. The maximum Gasteiger partial charge on any atom is 0.150 e. The molecule has 1 unspecified atom stereocenters. The van der Waals surface area contributed by atoms with Crippen LogP contribution in [0.5, 0.6) is 0 Å². The van der Waals surface area contributed by atoms with Gasteiger partial charge in [0.1, 0.15) is 6.29 Å². The van der Waals surface area contributed by atoms with Gasteiger partial charge < -0.3 is 4.74 Å². The minimum atomic E-state index is 0.0125. The highest BCUT2D eigenvalue weighted by Crippen LogP contribution is 2.27. The Morgan fingerprint density at radius 3 is 3.06 bits per heavy atom. The molecule has 1 fully saturated rings. The first-order valence-electron chi connectivity index (χ1n) is 6.34. The number of carbonyl (C=O) groups excluding carboxylic acids is 1. The minimum Gasteiger partial charge on any atom is -0.356 e. The molecule has 94 valence electrons. The molecule has 1 aromatic carbocycles. The lowest BCUT2D eigenvalue weighted by atomic mass is 10.1. The standard InChI is InChI=1S/C14H16N2O2/c1-10-6-11-8-15-16(13(11)7-12(10)9-17)14-4-2-3-5-18-14/h6-9,14H,2-5H2,1H3. The summed E-state index contributed by atoms with van der Waals surface area (Å²) in [5.41, 5.74) is 2.69. The molecule has 0 spiro atoms. The zero-order valence-corrected chi connectivity index (χ0v) is 10.4. The summed E-state index contributed by atoms with van der Waals surface area (Å²) in [6, 6.07) is 3.91. The van der Waals surface area contributed by atoms with Gasteiger partial charge in [-0.3, -0.25) is 4.79 Å². The summed E-state index contributed by atoms with van der Waals surface area (Å²) < 4.78 is 7.65. The molecule has 1 saturated heterocycles. The van der Waals surface area contributed by atoms with Gasteiger partial charge in [-0.15, -0.1) is 0 Å². The summed E-state index contributed by atoms with van der Waals surface area (Å²) in [5, 5.41) is 5.47. The van der Waals surface area contributed by atoms with Crippen LogP contribution in [-0.2, 0) is 4.74 Å². The van der Waals surface area contributed by atoms with E-state index in [1.165, 1.54) is 6.42 Å². The van der Waals surface area contributed by atoms with Gasteiger partial charge in [0.2, 0.25) is 0 Å².